The number of hydrogen-bond donors (Lipinski definition) is 10. The van der Waals surface area contributed by atoms with E-state index in [1.807, 2.05) is 128 Å². The zero-order chi connectivity index (χ0) is 94.9. The molecule has 8 aromatic heterocycles. The van der Waals surface area contributed by atoms with Gasteiger partial charge in [0.05, 0.1) is 64.0 Å². The van der Waals surface area contributed by atoms with Crippen LogP contribution in [0.2, 0.25) is 0 Å². The minimum atomic E-state index is 0.236. The van der Waals surface area contributed by atoms with Gasteiger partial charge in [-0.1, -0.05) is 307 Å². The molecule has 0 unspecified atom stereocenters. The number of nitrogens with one attached hydrogen (secondary N) is 8. The van der Waals surface area contributed by atoms with Crippen molar-refractivity contribution in [1.29, 1.82) is 0 Å². The Kier molecular flexibility index (Phi) is 26.1. The summed E-state index contributed by atoms with van der Waals surface area (Å²) in [4.78, 5) is 52.7. The van der Waals surface area contributed by atoms with Crippen LogP contribution in [0.5, 0.6) is 17.2 Å². The lowest BCUT2D eigenvalue weighted by atomic mass is 9.99. The summed E-state index contributed by atoms with van der Waals surface area (Å²) < 4.78 is 8.70. The summed E-state index contributed by atoms with van der Waals surface area (Å²) in [7, 11) is 1.66. The summed E-state index contributed by atoms with van der Waals surface area (Å²) in [6, 6.07) is 141. The first-order valence-electron chi connectivity index (χ1n) is 45.7. The van der Waals surface area contributed by atoms with Crippen molar-refractivity contribution in [3.8, 4) is 187 Å². The van der Waals surface area contributed by atoms with Gasteiger partial charge >= 0.3 is 0 Å². The number of phenolic OH excluding ortho intramolecular Hbond substituents is 2. The second-order valence-corrected chi connectivity index (χ2v) is 37.1. The second kappa shape index (κ2) is 40.7. The summed E-state index contributed by atoms with van der Waals surface area (Å²) in [6.45, 7) is 2.07. The average molecular weight is 2110 g/mol. The number of halogens is 3. The molecule has 25 rings (SSSR count). The van der Waals surface area contributed by atoms with E-state index in [1.165, 1.54) is 39.6 Å². The Morgan fingerprint density at radius 1 is 0.250 bits per heavy atom. The van der Waals surface area contributed by atoms with Crippen molar-refractivity contribution in [3.63, 3.8) is 0 Å². The predicted octanol–water partition coefficient (Wildman–Crippen LogP) is 32.5. The number of aromatic nitrogens is 13. The van der Waals surface area contributed by atoms with Crippen LogP contribution in [0.1, 0.15) is 5.56 Å². The van der Waals surface area contributed by atoms with Gasteiger partial charge in [-0.05, 0) is 207 Å². The first kappa shape index (κ1) is 89.8. The maximum absolute atomic E-state index is 9.55. The van der Waals surface area contributed by atoms with E-state index in [1.54, 1.807) is 31.4 Å². The third kappa shape index (κ3) is 19.5. The molecule has 25 aromatic rings. The van der Waals surface area contributed by atoms with Gasteiger partial charge in [0, 0.05) is 146 Å². The molecule has 19 heteroatoms. The maximum atomic E-state index is 9.55. The number of rotatable bonds is 16. The summed E-state index contributed by atoms with van der Waals surface area (Å²) in [5.74, 6) is 5.44. The molecule has 0 spiro atoms. The van der Waals surface area contributed by atoms with Crippen LogP contribution in [0.4, 0.5) is 0 Å². The molecule has 0 fully saturated rings. The summed E-state index contributed by atoms with van der Waals surface area (Å²) in [5, 5.41) is 27.4. The third-order valence-corrected chi connectivity index (χ3v) is 26.5. The van der Waals surface area contributed by atoms with Crippen LogP contribution in [0.3, 0.4) is 0 Å². The number of imidazole rings is 5. The second-order valence-electron chi connectivity index (χ2n) is 33.7. The molecule has 0 amide bonds. The summed E-state index contributed by atoms with van der Waals surface area (Å²) in [6.07, 6.45) is 6.09. The fourth-order valence-electron chi connectivity index (χ4n) is 17.6. The highest BCUT2D eigenvalue weighted by Crippen LogP contribution is 2.44. The van der Waals surface area contributed by atoms with E-state index in [0.29, 0.717) is 0 Å². The molecular formula is C121H88BrI2N13O3. The van der Waals surface area contributed by atoms with Gasteiger partial charge in [-0.2, -0.15) is 0 Å². The lowest BCUT2D eigenvalue weighted by Gasteiger charge is -2.07. The van der Waals surface area contributed by atoms with Crippen LogP contribution in [0, 0.1) is 14.1 Å². The molecule has 10 N–H and O–H groups in total. The Hall–Kier alpha value is -16.7. The van der Waals surface area contributed by atoms with Crippen molar-refractivity contribution in [3.05, 3.63) is 454 Å². The van der Waals surface area contributed by atoms with Crippen LogP contribution < -0.4 is 4.74 Å². The van der Waals surface area contributed by atoms with Crippen LogP contribution in [0.25, 0.3) is 224 Å². The highest BCUT2D eigenvalue weighted by molar-refractivity contribution is 14.1. The van der Waals surface area contributed by atoms with E-state index in [4.69, 9.17) is 29.7 Å². The van der Waals surface area contributed by atoms with Gasteiger partial charge < -0.3 is 54.8 Å². The highest BCUT2D eigenvalue weighted by Gasteiger charge is 2.25. The number of para-hydroxylation sites is 3. The van der Waals surface area contributed by atoms with E-state index < -0.39 is 0 Å². The van der Waals surface area contributed by atoms with E-state index >= 15 is 0 Å². The molecule has 0 atom stereocenters. The van der Waals surface area contributed by atoms with Gasteiger partial charge in [-0.15, -0.1) is 0 Å². The van der Waals surface area contributed by atoms with Crippen LogP contribution >= 0.6 is 61.1 Å². The molecule has 0 aliphatic carbocycles. The summed E-state index contributed by atoms with van der Waals surface area (Å²) in [5.41, 5.74) is 30.3. The highest BCUT2D eigenvalue weighted by atomic mass is 127. The number of aromatic hydroxyl groups is 2. The van der Waals surface area contributed by atoms with Gasteiger partial charge in [0.2, 0.25) is 0 Å². The van der Waals surface area contributed by atoms with Crippen molar-refractivity contribution in [1.82, 2.24) is 64.8 Å². The number of nitrogens with zero attached hydrogens (tertiary/aromatic N) is 5. The quantitative estimate of drug-likeness (QED) is 0.0416. The zero-order valence-electron chi connectivity index (χ0n) is 75.7. The van der Waals surface area contributed by atoms with E-state index in [0.717, 1.165) is 207 Å². The number of ether oxygens (including phenoxy) is 1. The van der Waals surface area contributed by atoms with Gasteiger partial charge in [0.1, 0.15) is 46.4 Å². The van der Waals surface area contributed by atoms with E-state index in [2.05, 4.69) is 393 Å². The van der Waals surface area contributed by atoms with Crippen molar-refractivity contribution in [2.24, 2.45) is 0 Å². The smallest absolute Gasteiger partial charge is 0.140 e. The van der Waals surface area contributed by atoms with E-state index in [9.17, 15) is 10.2 Å². The average Bonchev–Trinajstić information content (AvgIpc) is 1.59. The molecule has 676 valence electrons. The normalized spacial score (nSPS) is 11.1. The van der Waals surface area contributed by atoms with Crippen molar-refractivity contribution >= 4 is 115 Å². The first-order valence-corrected chi connectivity index (χ1v) is 48.6. The van der Waals surface area contributed by atoms with Crippen LogP contribution in [0.15, 0.2) is 442 Å². The fourth-order valence-corrected chi connectivity index (χ4v) is 18.9. The molecule has 0 saturated heterocycles. The fraction of sp³-hybridized carbons (Fsp3) is 0.0165. The van der Waals surface area contributed by atoms with E-state index in [-0.39, 0.29) is 11.5 Å². The summed E-state index contributed by atoms with van der Waals surface area (Å²) >= 11 is 8.18. The standard InChI is InChI=1S/2C27H19N3.C23H15I2N3.C23H20N2O2.C21H15BrN2O/c1-2-10-19(11-3-1)25-26(22-15-8-12-18-9-4-5-13-20(18)22)30-27(29-25)23-17-28-24-16-7-6-14-21(23)24;1-2-9-19(10-3-1)25-26(21-15-14-18-8-4-5-11-20(18)16-21)30-27(29-25)23-17-28-24-13-7-6-12-22(23)24;24-16-7-3-5-14(11-16)21-22(15-6-4-8-17(25)12-15)28-23(27-21)19-13-26-20-10-2-1-9-18(19)20;1-15-3-5-16(6-4-15)21-22(17-9-13-20(27-2)14-10-17)25-23(24-21)18-7-11-19(26)12-8-18;22-17-10-6-15(7-11-17)20-19(14-4-2-1-3-5-14)23-21(24-20)16-8-12-18(25)13-9-16/h2*1-17,28H,(H,29,30);1-13,26H,(H,27,28);3-14,26H,1-2H3,(H,24,25);1-13,25H,(H,23,24). The number of phenols is 2. The van der Waals surface area contributed by atoms with Crippen molar-refractivity contribution in [2.45, 2.75) is 6.92 Å². The molecule has 0 saturated carbocycles. The minimum absolute atomic E-state index is 0.236. The molecule has 8 heterocycles. The number of H-pyrrole nitrogens is 8. The topological polar surface area (TPSA) is 240 Å². The Morgan fingerprint density at radius 3 is 1.06 bits per heavy atom. The van der Waals surface area contributed by atoms with Gasteiger partial charge in [0.25, 0.3) is 0 Å². The minimum Gasteiger partial charge on any atom is -0.508 e. The number of aromatic amines is 8. The Balaban J connectivity index is 0.000000104. The zero-order valence-corrected chi connectivity index (χ0v) is 81.6. The molecule has 0 radical (unpaired) electrons. The largest absolute Gasteiger partial charge is 0.508 e. The van der Waals surface area contributed by atoms with Gasteiger partial charge in [0.15, 0.2) is 0 Å². The van der Waals surface area contributed by atoms with Crippen LogP contribution in [-0.4, -0.2) is 82.1 Å². The number of hydrogen-bond acceptors (Lipinski definition) is 8. The van der Waals surface area contributed by atoms with Crippen molar-refractivity contribution in [2.75, 3.05) is 7.11 Å². The Bertz CT molecular complexity index is 8590. The molecule has 16 nitrogen and oxygen atoms in total. The van der Waals surface area contributed by atoms with Crippen molar-refractivity contribution < 1.29 is 14.9 Å². The monoisotopic (exact) mass is 2100 g/mol. The third-order valence-electron chi connectivity index (χ3n) is 24.6. The Morgan fingerprint density at radius 2 is 0.571 bits per heavy atom. The number of methoxy groups -OCH3 is 1. The molecule has 17 aromatic carbocycles. The number of fused-ring (bicyclic) bond motifs is 5. The SMILES string of the molecule is COc1ccc(-c2nc(-c3ccc(O)cc3)[nH]c2-c2ccc(C)cc2)cc1.Ic1cccc(-c2nc(-c3c[nH]c4ccccc34)[nH]c2-c2cccc(I)c2)c1.Oc1ccc(-c2nc(-c3ccccc3)c(-c3ccc(Br)cc3)[nH]2)cc1.c1ccc(-c2[nH]c(-c3c[nH]c4ccccc34)nc2-c2ccc3ccccc3c2)cc1.c1ccc(-c2nc(-c3c[nH]c4ccccc34)[nH]c2-c2cccc3ccccc23)cc1. The number of aryl methyl sites for hydroxylation is 1. The predicted molar refractivity (Wildman–Crippen MR) is 593 cm³/mol. The molecule has 0 aliphatic heterocycles. The lowest BCUT2D eigenvalue weighted by molar-refractivity contribution is 0.415. The lowest BCUT2D eigenvalue weighted by Crippen LogP contribution is -1.86. The number of benzene rings is 17. The first-order chi connectivity index (χ1) is 68.8. The van der Waals surface area contributed by atoms with Gasteiger partial charge in [-0.3, -0.25) is 0 Å². The van der Waals surface area contributed by atoms with Crippen LogP contribution in [-0.2, 0) is 0 Å². The Labute approximate surface area is 843 Å². The van der Waals surface area contributed by atoms with Gasteiger partial charge in [-0.25, -0.2) is 24.9 Å². The molecule has 140 heavy (non-hydrogen) atoms. The molecular weight excluding hydrogens is 2020 g/mol. The molecule has 0 bridgehead atoms. The maximum Gasteiger partial charge on any atom is 0.140 e. The molecule has 0 aliphatic rings.